The first-order valence-corrected chi connectivity index (χ1v) is 17.5. The Hall–Kier alpha value is -0.617. The molecule has 0 saturated carbocycles. The van der Waals surface area contributed by atoms with E-state index >= 15 is 0 Å². The van der Waals surface area contributed by atoms with Gasteiger partial charge in [-0.1, -0.05) is 0 Å². The minimum Gasteiger partial charge on any atom is -1.00 e. The molecular weight excluding hydrogens is 571 g/mol. The minimum atomic E-state index is -2.16. The summed E-state index contributed by atoms with van der Waals surface area (Å²) in [5.74, 6) is 0.575. The third-order valence-electron chi connectivity index (χ3n) is 8.02. The Morgan fingerprint density at radius 3 is 1.81 bits per heavy atom. The summed E-state index contributed by atoms with van der Waals surface area (Å²) in [4.78, 5) is 0. The van der Waals surface area contributed by atoms with Crippen molar-refractivity contribution in [3.05, 3.63) is 73.6 Å². The smallest absolute Gasteiger partial charge is 1.00 e. The van der Waals surface area contributed by atoms with Crippen LogP contribution in [0.2, 0.25) is 3.63 Å². The molecule has 1 unspecified atom stereocenters. The van der Waals surface area contributed by atoms with Gasteiger partial charge in [0.1, 0.15) is 0 Å². The maximum Gasteiger partial charge on any atom is -1.00 e. The fourth-order valence-corrected chi connectivity index (χ4v) is 13.9. The van der Waals surface area contributed by atoms with Gasteiger partial charge in [-0.2, -0.15) is 0 Å². The van der Waals surface area contributed by atoms with Crippen molar-refractivity contribution in [2.75, 3.05) is 0 Å². The zero-order chi connectivity index (χ0) is 26.1. The molecule has 4 rings (SSSR count). The van der Waals surface area contributed by atoms with Gasteiger partial charge in [-0.25, -0.2) is 0 Å². The van der Waals surface area contributed by atoms with E-state index in [9.17, 15) is 0 Å². The molecule has 0 radical (unpaired) electrons. The van der Waals surface area contributed by atoms with E-state index in [0.717, 1.165) is 10.0 Å². The van der Waals surface area contributed by atoms with E-state index < -0.39 is 21.8 Å². The number of hydrogen-bond donors (Lipinski definition) is 0. The van der Waals surface area contributed by atoms with E-state index in [1.807, 2.05) is 0 Å². The maximum atomic E-state index is 2.66. The maximum absolute atomic E-state index is 2.66. The Morgan fingerprint density at radius 1 is 0.757 bits per heavy atom. The molecule has 0 fully saturated rings. The van der Waals surface area contributed by atoms with Crippen LogP contribution >= 0.6 is 0 Å². The Labute approximate surface area is 248 Å². The molecule has 0 amide bonds. The molecule has 2 aliphatic carbocycles. The van der Waals surface area contributed by atoms with Gasteiger partial charge < -0.3 is 24.8 Å². The van der Waals surface area contributed by atoms with Crippen LogP contribution in [0.4, 0.5) is 0 Å². The van der Waals surface area contributed by atoms with Crippen LogP contribution in [-0.2, 0) is 39.0 Å². The Kier molecular flexibility index (Phi) is 9.78. The predicted molar refractivity (Wildman–Crippen MR) is 152 cm³/mol. The van der Waals surface area contributed by atoms with Crippen molar-refractivity contribution >= 4 is 3.27 Å². The second-order valence-electron chi connectivity index (χ2n) is 14.4. The van der Waals surface area contributed by atoms with E-state index in [1.165, 1.54) is 27.8 Å². The number of rotatable bonds is 3. The second kappa shape index (κ2) is 11.1. The van der Waals surface area contributed by atoms with Crippen molar-refractivity contribution < 1.29 is 46.6 Å². The van der Waals surface area contributed by atoms with Gasteiger partial charge in [-0.05, 0) is 0 Å². The van der Waals surface area contributed by atoms with E-state index in [0.29, 0.717) is 5.92 Å². The number of halogens is 2. The molecule has 37 heavy (non-hydrogen) atoms. The van der Waals surface area contributed by atoms with Gasteiger partial charge in [-0.3, -0.25) is 0 Å². The molecule has 3 heteroatoms. The van der Waals surface area contributed by atoms with Crippen molar-refractivity contribution in [2.45, 2.75) is 104 Å². The zero-order valence-corrected chi connectivity index (χ0v) is 29.1. The van der Waals surface area contributed by atoms with Crippen molar-refractivity contribution in [3.8, 4) is 11.1 Å². The molecular formula is C34H47Cl2Zr. The fraction of sp³-hybridized carbons (Fsp3) is 0.529. The molecule has 2 aliphatic rings. The third-order valence-corrected chi connectivity index (χ3v) is 16.4. The number of fused-ring (bicyclic) bond motifs is 3. The summed E-state index contributed by atoms with van der Waals surface area (Å²) < 4.78 is 4.30. The summed E-state index contributed by atoms with van der Waals surface area (Å²) in [6.07, 6.45) is 6.30. The quantitative estimate of drug-likeness (QED) is 0.423. The van der Waals surface area contributed by atoms with E-state index in [2.05, 4.69) is 126 Å². The summed E-state index contributed by atoms with van der Waals surface area (Å²) >= 11 is -2.16. The second-order valence-corrected chi connectivity index (χ2v) is 22.0. The molecule has 0 nitrogen and oxygen atoms in total. The third kappa shape index (κ3) is 6.42. The fourth-order valence-electron chi connectivity index (χ4n) is 5.71. The number of benzene rings is 2. The normalized spacial score (nSPS) is 16.9. The Bertz CT molecular complexity index is 1210. The van der Waals surface area contributed by atoms with Gasteiger partial charge in [0.25, 0.3) is 0 Å². The first kappa shape index (κ1) is 32.6. The van der Waals surface area contributed by atoms with Crippen molar-refractivity contribution in [3.63, 3.8) is 0 Å². The minimum absolute atomic E-state index is 0. The first-order chi connectivity index (χ1) is 16.0. The molecule has 0 saturated heterocycles. The predicted octanol–water partition coefficient (Wildman–Crippen LogP) is 3.44. The molecule has 201 valence electrons. The van der Waals surface area contributed by atoms with Crippen LogP contribution in [0.3, 0.4) is 0 Å². The van der Waals surface area contributed by atoms with Crippen LogP contribution in [0.25, 0.3) is 11.1 Å². The van der Waals surface area contributed by atoms with Gasteiger partial charge in [0.15, 0.2) is 0 Å². The van der Waals surface area contributed by atoms with Crippen LogP contribution in [0.5, 0.6) is 0 Å². The summed E-state index contributed by atoms with van der Waals surface area (Å²) in [5, 5.41) is 0. The summed E-state index contributed by atoms with van der Waals surface area (Å²) in [6, 6.07) is 12.5. The largest absolute Gasteiger partial charge is 1.00 e. The molecule has 0 N–H and O–H groups in total. The topological polar surface area (TPSA) is 0 Å². The van der Waals surface area contributed by atoms with Gasteiger partial charge in [0, 0.05) is 0 Å². The molecule has 0 spiro atoms. The van der Waals surface area contributed by atoms with Gasteiger partial charge in [-0.15, -0.1) is 0 Å². The molecule has 0 aliphatic heterocycles. The van der Waals surface area contributed by atoms with Gasteiger partial charge >= 0.3 is 225 Å². The van der Waals surface area contributed by atoms with E-state index in [1.54, 1.807) is 17.7 Å². The molecule has 2 aromatic rings. The van der Waals surface area contributed by atoms with Crippen LogP contribution in [0.15, 0.2) is 51.3 Å². The van der Waals surface area contributed by atoms with Crippen molar-refractivity contribution in [2.24, 2.45) is 11.3 Å². The molecule has 0 heterocycles. The Balaban J connectivity index is 0.00000241. The van der Waals surface area contributed by atoms with E-state index in [-0.39, 0.29) is 41.1 Å². The SMILES string of the molecule is CC1C=C(C(C)(C)C)C=[C]1[Zr+2]([c]1cc(C(C)(C)C)cc2c1Cc1ccc(C(C)(C)C)cc1-2)[CH](C)C.[Cl-].[Cl-]. The van der Waals surface area contributed by atoms with Crippen molar-refractivity contribution in [1.29, 1.82) is 0 Å². The van der Waals surface area contributed by atoms with Crippen LogP contribution in [-0.4, -0.2) is 0 Å². The summed E-state index contributed by atoms with van der Waals surface area (Å²) in [5.41, 5.74) is 11.2. The summed E-state index contributed by atoms with van der Waals surface area (Å²) in [7, 11) is 0. The van der Waals surface area contributed by atoms with Crippen LogP contribution in [0, 0.1) is 11.3 Å². The molecule has 0 bridgehead atoms. The average molecular weight is 618 g/mol. The van der Waals surface area contributed by atoms with Crippen molar-refractivity contribution in [1.82, 2.24) is 0 Å². The summed E-state index contributed by atoms with van der Waals surface area (Å²) in [6.45, 7) is 28.7. The standard InChI is InChI=1S/C21H25.C10H15.C3H7.2ClH.Zr/c1-20(2,3)16-9-7-14-11-15-8-10-17(21(4,5)6)13-19(15)18(14)12-16;1-8-5-6-9(7-8)10(2,3)4;1-3-2;;;/h7,9-10,12-13H,11H2,1-6H3;6-8H,1-4H3;3H,1-2H3;2*1H;/q;;;;;+2/p-2. The zero-order valence-electron chi connectivity index (χ0n) is 25.2. The Morgan fingerprint density at radius 2 is 1.32 bits per heavy atom. The molecule has 2 aromatic carbocycles. The molecule has 0 aromatic heterocycles. The van der Waals surface area contributed by atoms with Gasteiger partial charge in [0.2, 0.25) is 0 Å². The van der Waals surface area contributed by atoms with E-state index in [4.69, 9.17) is 0 Å². The number of allylic oxidation sites excluding steroid dienone is 4. The molecule has 1 atom stereocenters. The van der Waals surface area contributed by atoms with Crippen LogP contribution in [0.1, 0.15) is 105 Å². The monoisotopic (exact) mass is 615 g/mol. The van der Waals surface area contributed by atoms with Gasteiger partial charge in [0.05, 0.1) is 0 Å². The van der Waals surface area contributed by atoms with Crippen LogP contribution < -0.4 is 28.1 Å². The average Bonchev–Trinajstić information content (AvgIpc) is 3.27. The first-order valence-electron chi connectivity index (χ1n) is 13.6. The number of hydrogen-bond acceptors (Lipinski definition) is 0.